The lowest BCUT2D eigenvalue weighted by atomic mass is 9.95. The van der Waals surface area contributed by atoms with Gasteiger partial charge in [0, 0.05) is 13.1 Å². The first-order chi connectivity index (χ1) is 9.82. The molecule has 0 aromatic heterocycles. The molecule has 4 nitrogen and oxygen atoms in total. The highest BCUT2D eigenvalue weighted by atomic mass is 19.4. The average Bonchev–Trinajstić information content (AvgIpc) is 2.46. The number of carbonyl (C=O) groups is 1. The summed E-state index contributed by atoms with van der Waals surface area (Å²) in [6, 6.07) is 4.67. The Kier molecular flexibility index (Phi) is 4.29. The highest BCUT2D eigenvalue weighted by Gasteiger charge is 2.41. The second kappa shape index (κ2) is 5.83. The van der Waals surface area contributed by atoms with Crippen LogP contribution in [0.25, 0.3) is 0 Å². The molecule has 1 heterocycles. The molecule has 2 N–H and O–H groups in total. The predicted molar refractivity (Wildman–Crippen MR) is 73.2 cm³/mol. The lowest BCUT2D eigenvalue weighted by Crippen LogP contribution is -2.39. The Hall–Kier alpha value is -1.92. The van der Waals surface area contributed by atoms with Gasteiger partial charge in [-0.3, -0.25) is 0 Å². The highest BCUT2D eigenvalue weighted by molar-refractivity contribution is 5.92. The van der Waals surface area contributed by atoms with Crippen LogP contribution in [0.5, 0.6) is 0 Å². The van der Waals surface area contributed by atoms with Crippen molar-refractivity contribution in [1.29, 1.82) is 0 Å². The van der Waals surface area contributed by atoms with Crippen LogP contribution in [0.1, 0.15) is 23.2 Å². The fourth-order valence-electron chi connectivity index (χ4n) is 2.51. The number of esters is 1. The molecule has 21 heavy (non-hydrogen) atoms. The van der Waals surface area contributed by atoms with E-state index in [1.165, 1.54) is 13.2 Å². The van der Waals surface area contributed by atoms with Gasteiger partial charge in [-0.15, -0.1) is 0 Å². The molecular formula is C14H17F3N2O2. The fourth-order valence-corrected chi connectivity index (χ4v) is 2.51. The highest BCUT2D eigenvalue weighted by Crippen LogP contribution is 2.36. The summed E-state index contributed by atoms with van der Waals surface area (Å²) in [6.07, 6.45) is -4.08. The molecule has 1 fully saturated rings. The number of nitrogen functional groups attached to an aromatic ring is 1. The van der Waals surface area contributed by atoms with Crippen molar-refractivity contribution in [2.75, 3.05) is 30.8 Å². The minimum absolute atomic E-state index is 0.0331. The molecule has 1 aromatic carbocycles. The van der Waals surface area contributed by atoms with Crippen LogP contribution in [0.2, 0.25) is 0 Å². The summed E-state index contributed by atoms with van der Waals surface area (Å²) in [5, 5.41) is 0. The van der Waals surface area contributed by atoms with E-state index in [-0.39, 0.29) is 25.9 Å². The van der Waals surface area contributed by atoms with Gasteiger partial charge in [0.15, 0.2) is 0 Å². The Morgan fingerprint density at radius 2 is 1.95 bits per heavy atom. The molecule has 1 aliphatic heterocycles. The van der Waals surface area contributed by atoms with Crippen LogP contribution < -0.4 is 10.6 Å². The molecule has 0 aliphatic carbocycles. The van der Waals surface area contributed by atoms with Crippen LogP contribution in [0, 0.1) is 5.92 Å². The number of piperidine rings is 1. The van der Waals surface area contributed by atoms with Crippen LogP contribution in [0.15, 0.2) is 18.2 Å². The predicted octanol–water partition coefficient (Wildman–Crippen LogP) is 2.83. The Bertz CT molecular complexity index is 523. The molecule has 0 saturated carbocycles. The van der Waals surface area contributed by atoms with Gasteiger partial charge in [0.2, 0.25) is 0 Å². The number of carbonyl (C=O) groups excluding carboxylic acids is 1. The zero-order valence-corrected chi connectivity index (χ0v) is 11.6. The Morgan fingerprint density at radius 3 is 2.48 bits per heavy atom. The molecule has 1 aromatic rings. The third-order valence-electron chi connectivity index (χ3n) is 3.75. The van der Waals surface area contributed by atoms with Crippen molar-refractivity contribution in [3.8, 4) is 0 Å². The van der Waals surface area contributed by atoms with Crippen LogP contribution in [-0.4, -0.2) is 32.3 Å². The molecule has 0 radical (unpaired) electrons. The summed E-state index contributed by atoms with van der Waals surface area (Å²) in [6.45, 7) is 0.526. The molecular weight excluding hydrogens is 285 g/mol. The maximum absolute atomic E-state index is 12.7. The SMILES string of the molecule is COC(=O)c1ccc(N)c(N2CCC(C(F)(F)F)CC2)c1. The van der Waals surface area contributed by atoms with Crippen molar-refractivity contribution in [1.82, 2.24) is 0 Å². The van der Waals surface area contributed by atoms with E-state index in [0.29, 0.717) is 16.9 Å². The van der Waals surface area contributed by atoms with Crippen LogP contribution in [-0.2, 0) is 4.74 Å². The van der Waals surface area contributed by atoms with E-state index in [9.17, 15) is 18.0 Å². The van der Waals surface area contributed by atoms with Gasteiger partial charge < -0.3 is 15.4 Å². The summed E-state index contributed by atoms with van der Waals surface area (Å²) in [5.41, 5.74) is 7.22. The molecule has 2 rings (SSSR count). The van der Waals surface area contributed by atoms with E-state index < -0.39 is 18.1 Å². The van der Waals surface area contributed by atoms with Crippen molar-refractivity contribution in [2.45, 2.75) is 19.0 Å². The lowest BCUT2D eigenvalue weighted by Gasteiger charge is -2.35. The van der Waals surface area contributed by atoms with E-state index in [4.69, 9.17) is 5.73 Å². The van der Waals surface area contributed by atoms with Gasteiger partial charge in [-0.25, -0.2) is 4.79 Å². The molecule has 1 saturated heterocycles. The van der Waals surface area contributed by atoms with E-state index >= 15 is 0 Å². The molecule has 1 aliphatic rings. The van der Waals surface area contributed by atoms with Crippen LogP contribution in [0.3, 0.4) is 0 Å². The number of benzene rings is 1. The molecule has 0 bridgehead atoms. The first-order valence-corrected chi connectivity index (χ1v) is 6.62. The van der Waals surface area contributed by atoms with E-state index in [2.05, 4.69) is 4.74 Å². The average molecular weight is 302 g/mol. The monoisotopic (exact) mass is 302 g/mol. The van der Waals surface area contributed by atoms with Crippen molar-refractivity contribution in [3.63, 3.8) is 0 Å². The minimum Gasteiger partial charge on any atom is -0.465 e. The Balaban J connectivity index is 2.15. The summed E-state index contributed by atoms with van der Waals surface area (Å²) in [7, 11) is 1.27. The number of hydrogen-bond acceptors (Lipinski definition) is 4. The number of nitrogens with zero attached hydrogens (tertiary/aromatic N) is 1. The van der Waals surface area contributed by atoms with Gasteiger partial charge >= 0.3 is 12.1 Å². The first-order valence-electron chi connectivity index (χ1n) is 6.62. The van der Waals surface area contributed by atoms with E-state index in [1.54, 1.807) is 17.0 Å². The Labute approximate surface area is 120 Å². The number of rotatable bonds is 2. The number of nitrogens with two attached hydrogens (primary N) is 1. The van der Waals surface area contributed by atoms with Crippen LogP contribution >= 0.6 is 0 Å². The number of halogens is 3. The van der Waals surface area contributed by atoms with Crippen molar-refractivity contribution < 1.29 is 22.7 Å². The summed E-state index contributed by atoms with van der Waals surface area (Å²) in [4.78, 5) is 13.3. The van der Waals surface area contributed by atoms with Gasteiger partial charge in [0.05, 0.1) is 30.0 Å². The second-order valence-corrected chi connectivity index (χ2v) is 5.07. The lowest BCUT2D eigenvalue weighted by molar-refractivity contribution is -0.179. The molecule has 116 valence electrons. The van der Waals surface area contributed by atoms with Gasteiger partial charge in [-0.1, -0.05) is 0 Å². The van der Waals surface area contributed by atoms with Crippen molar-refractivity contribution in [3.05, 3.63) is 23.8 Å². The van der Waals surface area contributed by atoms with E-state index in [1.807, 2.05) is 0 Å². The number of ether oxygens (including phenoxy) is 1. The van der Waals surface area contributed by atoms with Crippen LogP contribution in [0.4, 0.5) is 24.5 Å². The maximum Gasteiger partial charge on any atom is 0.391 e. The van der Waals surface area contributed by atoms with E-state index in [0.717, 1.165) is 0 Å². The summed E-state index contributed by atoms with van der Waals surface area (Å²) < 4.78 is 42.6. The Morgan fingerprint density at radius 1 is 1.33 bits per heavy atom. The number of hydrogen-bond donors (Lipinski definition) is 1. The molecule has 0 amide bonds. The third-order valence-corrected chi connectivity index (χ3v) is 3.75. The maximum atomic E-state index is 12.7. The zero-order chi connectivity index (χ0) is 15.6. The summed E-state index contributed by atoms with van der Waals surface area (Å²) in [5.74, 6) is -1.76. The second-order valence-electron chi connectivity index (χ2n) is 5.07. The van der Waals surface area contributed by atoms with Gasteiger partial charge in [0.1, 0.15) is 0 Å². The number of methoxy groups -OCH3 is 1. The van der Waals surface area contributed by atoms with Gasteiger partial charge in [0.25, 0.3) is 0 Å². The first kappa shape index (κ1) is 15.5. The third kappa shape index (κ3) is 3.40. The van der Waals surface area contributed by atoms with Crippen molar-refractivity contribution >= 4 is 17.3 Å². The topological polar surface area (TPSA) is 55.6 Å². The minimum atomic E-state index is -4.15. The zero-order valence-electron chi connectivity index (χ0n) is 11.6. The smallest absolute Gasteiger partial charge is 0.391 e. The summed E-state index contributed by atoms with van der Waals surface area (Å²) >= 11 is 0. The molecule has 0 unspecified atom stereocenters. The molecule has 0 atom stereocenters. The van der Waals surface area contributed by atoms with Gasteiger partial charge in [-0.05, 0) is 31.0 Å². The number of anilines is 2. The molecule has 7 heteroatoms. The fraction of sp³-hybridized carbons (Fsp3) is 0.500. The number of alkyl halides is 3. The largest absolute Gasteiger partial charge is 0.465 e. The van der Waals surface area contributed by atoms with Gasteiger partial charge in [-0.2, -0.15) is 13.2 Å². The quantitative estimate of drug-likeness (QED) is 0.674. The normalized spacial score (nSPS) is 16.9. The standard InChI is InChI=1S/C14H17F3N2O2/c1-21-13(20)9-2-3-11(18)12(8-9)19-6-4-10(5-7-19)14(15,16)17/h2-3,8,10H,4-7,18H2,1H3. The molecule has 0 spiro atoms. The van der Waals surface area contributed by atoms with Crippen molar-refractivity contribution in [2.24, 2.45) is 5.92 Å².